The second kappa shape index (κ2) is 23.0. The lowest BCUT2D eigenvalue weighted by Crippen LogP contribution is -2.84. The van der Waals surface area contributed by atoms with Crippen molar-refractivity contribution in [3.05, 3.63) is 35.9 Å². The third-order valence-corrected chi connectivity index (χ3v) is 6.38. The number of hydrogen-bond acceptors (Lipinski definition) is 1. The van der Waals surface area contributed by atoms with Gasteiger partial charge in [0.05, 0.1) is 6.54 Å². The van der Waals surface area contributed by atoms with Crippen LogP contribution in [-0.2, 0) is 6.54 Å². The average molecular weight is 431 g/mol. The molecule has 0 aliphatic heterocycles. The first kappa shape index (κ1) is 27.4. The van der Waals surface area contributed by atoms with Crippen LogP contribution in [0, 0.1) is 0 Å². The van der Waals surface area contributed by atoms with E-state index in [9.17, 15) is 0 Å². The molecule has 0 saturated heterocycles. The summed E-state index contributed by atoms with van der Waals surface area (Å²) in [5, 5.41) is 5.99. The Morgan fingerprint density at radius 3 is 1.53 bits per heavy atom. The molecular formula is C27H50N2Si+. The van der Waals surface area contributed by atoms with Crippen molar-refractivity contribution in [3.8, 4) is 0 Å². The van der Waals surface area contributed by atoms with E-state index in [1.807, 2.05) is 0 Å². The first-order valence-electron chi connectivity index (χ1n) is 13.1. The molecule has 3 heteroatoms. The second-order valence-electron chi connectivity index (χ2n) is 8.92. The van der Waals surface area contributed by atoms with Gasteiger partial charge in [0.1, 0.15) is 6.54 Å². The Kier molecular flexibility index (Phi) is 21.0. The van der Waals surface area contributed by atoms with E-state index in [1.165, 1.54) is 127 Å². The van der Waals surface area contributed by atoms with Crippen LogP contribution >= 0.6 is 0 Å². The number of hydrogen-bond donors (Lipinski definition) is 2. The molecule has 1 aromatic rings. The Morgan fingerprint density at radius 1 is 0.567 bits per heavy atom. The lowest BCUT2D eigenvalue weighted by molar-refractivity contribution is -0.668. The first-order chi connectivity index (χ1) is 14.9. The maximum absolute atomic E-state index is 3.59. The highest BCUT2D eigenvalue weighted by molar-refractivity contribution is 6.08. The topological polar surface area (TPSA) is 28.6 Å². The molecule has 0 aliphatic rings. The molecule has 3 radical (unpaired) electrons. The van der Waals surface area contributed by atoms with Gasteiger partial charge in [-0.2, -0.15) is 0 Å². The molecule has 0 bridgehead atoms. The number of quaternary nitrogens is 1. The normalized spacial score (nSPS) is 11.2. The van der Waals surface area contributed by atoms with Crippen molar-refractivity contribution < 1.29 is 5.32 Å². The molecule has 0 saturated carbocycles. The Morgan fingerprint density at radius 2 is 1.03 bits per heavy atom. The molecule has 171 valence electrons. The largest absolute Gasteiger partial charge is 0.341 e. The van der Waals surface area contributed by atoms with E-state index in [1.54, 1.807) is 0 Å². The minimum absolute atomic E-state index is 1.10. The van der Waals surface area contributed by atoms with E-state index in [0.717, 1.165) is 13.1 Å². The van der Waals surface area contributed by atoms with Gasteiger partial charge in [-0.25, -0.2) is 0 Å². The summed E-state index contributed by atoms with van der Waals surface area (Å²) < 4.78 is 0. The summed E-state index contributed by atoms with van der Waals surface area (Å²) in [7, 11) is 3.55. The van der Waals surface area contributed by atoms with Gasteiger partial charge in [0.2, 0.25) is 0 Å². The van der Waals surface area contributed by atoms with Crippen LogP contribution in [0.5, 0.6) is 0 Å². The lowest BCUT2D eigenvalue weighted by atomic mass is 10.0. The molecule has 0 amide bonds. The molecule has 0 heterocycles. The molecule has 0 aliphatic carbocycles. The fraction of sp³-hybridized carbons (Fsp3) is 0.778. The molecule has 1 aromatic carbocycles. The van der Waals surface area contributed by atoms with E-state index in [4.69, 9.17) is 0 Å². The zero-order valence-electron chi connectivity index (χ0n) is 19.8. The quantitative estimate of drug-likeness (QED) is 0.158. The second-order valence-corrected chi connectivity index (χ2v) is 9.42. The predicted molar refractivity (Wildman–Crippen MR) is 134 cm³/mol. The van der Waals surface area contributed by atoms with Crippen molar-refractivity contribution in [1.29, 1.82) is 0 Å². The van der Waals surface area contributed by atoms with Crippen LogP contribution in [0.4, 0.5) is 0 Å². The Labute approximate surface area is 191 Å². The number of rotatable bonds is 23. The van der Waals surface area contributed by atoms with Crippen molar-refractivity contribution in [2.75, 3.05) is 19.6 Å². The smallest absolute Gasteiger partial charge is 0.101 e. The van der Waals surface area contributed by atoms with E-state index in [-0.39, 0.29) is 0 Å². The van der Waals surface area contributed by atoms with Crippen molar-refractivity contribution in [3.63, 3.8) is 0 Å². The van der Waals surface area contributed by atoms with Gasteiger partial charge >= 0.3 is 0 Å². The number of nitrogens with two attached hydrogens (primary N) is 1. The van der Waals surface area contributed by atoms with Gasteiger partial charge in [0.25, 0.3) is 0 Å². The Hall–Kier alpha value is -0.643. The van der Waals surface area contributed by atoms with Crippen LogP contribution < -0.4 is 10.6 Å². The van der Waals surface area contributed by atoms with Gasteiger partial charge in [-0.15, -0.1) is 0 Å². The summed E-state index contributed by atoms with van der Waals surface area (Å²) in [6, 6.07) is 11.9. The van der Waals surface area contributed by atoms with Crippen LogP contribution in [0.15, 0.2) is 30.3 Å². The summed E-state index contributed by atoms with van der Waals surface area (Å²) in [5.74, 6) is 0. The van der Waals surface area contributed by atoms with Crippen LogP contribution in [0.2, 0.25) is 6.04 Å². The van der Waals surface area contributed by atoms with Gasteiger partial charge in [-0.3, -0.25) is 0 Å². The van der Waals surface area contributed by atoms with E-state index in [0.29, 0.717) is 0 Å². The van der Waals surface area contributed by atoms with Crippen LogP contribution in [0.25, 0.3) is 0 Å². The Bertz CT molecular complexity index is 438. The van der Waals surface area contributed by atoms with Gasteiger partial charge < -0.3 is 10.6 Å². The van der Waals surface area contributed by atoms with Gasteiger partial charge in [0, 0.05) is 22.4 Å². The molecular weight excluding hydrogens is 380 g/mol. The average Bonchev–Trinajstić information content (AvgIpc) is 2.78. The molecule has 0 aromatic heterocycles. The van der Waals surface area contributed by atoms with Crippen molar-refractivity contribution in [2.45, 2.75) is 115 Å². The summed E-state index contributed by atoms with van der Waals surface area (Å²) in [4.78, 5) is 0. The van der Waals surface area contributed by atoms with E-state index < -0.39 is 0 Å². The highest BCUT2D eigenvalue weighted by Crippen LogP contribution is 2.13. The minimum atomic E-state index is 1.10. The zero-order valence-corrected chi connectivity index (χ0v) is 20.8. The van der Waals surface area contributed by atoms with E-state index in [2.05, 4.69) is 51.2 Å². The fourth-order valence-corrected chi connectivity index (χ4v) is 4.31. The molecule has 0 atom stereocenters. The predicted octanol–water partition coefficient (Wildman–Crippen LogP) is 6.17. The van der Waals surface area contributed by atoms with Crippen LogP contribution in [0.3, 0.4) is 0 Å². The summed E-state index contributed by atoms with van der Waals surface area (Å²) >= 11 is 0. The summed E-state index contributed by atoms with van der Waals surface area (Å²) in [5.41, 5.74) is 1.42. The van der Waals surface area contributed by atoms with Gasteiger partial charge in [-0.1, -0.05) is 133 Å². The number of unbranched alkanes of at least 4 members (excludes halogenated alkanes) is 15. The maximum Gasteiger partial charge on any atom is 0.101 e. The SMILES string of the molecule is [Si]CCCCCCCCCCCCCCCCCCNCC[NH2+]Cc1ccccc1. The highest BCUT2D eigenvalue weighted by atomic mass is 28.1. The zero-order chi connectivity index (χ0) is 21.4. The number of benzene rings is 1. The minimum Gasteiger partial charge on any atom is -0.341 e. The van der Waals surface area contributed by atoms with Crippen LogP contribution in [0.1, 0.15) is 108 Å². The number of nitrogens with one attached hydrogen (secondary N) is 1. The first-order valence-corrected chi connectivity index (χ1v) is 13.8. The Balaban J connectivity index is 1.65. The molecule has 0 spiro atoms. The fourth-order valence-electron chi connectivity index (χ4n) is 4.06. The summed E-state index contributed by atoms with van der Waals surface area (Å²) in [6.45, 7) is 4.59. The van der Waals surface area contributed by atoms with E-state index >= 15 is 0 Å². The molecule has 2 nitrogen and oxygen atoms in total. The maximum atomic E-state index is 3.59. The monoisotopic (exact) mass is 430 g/mol. The molecule has 0 fully saturated rings. The van der Waals surface area contributed by atoms with Gasteiger partial charge in [-0.05, 0) is 13.0 Å². The molecule has 30 heavy (non-hydrogen) atoms. The molecule has 0 unspecified atom stereocenters. The standard InChI is InChI=1S/C27H49N2Si/c30-25-19-14-12-10-8-6-4-2-1-3-5-7-9-11-13-18-22-28-23-24-29-26-27-20-16-15-17-21-27/h15-17,20-21,28-29H,1-14,18-19,22-26H2/p+1. The van der Waals surface area contributed by atoms with Crippen molar-refractivity contribution >= 4 is 10.2 Å². The molecule has 3 N–H and O–H groups in total. The van der Waals surface area contributed by atoms with Crippen LogP contribution in [-0.4, -0.2) is 29.9 Å². The highest BCUT2D eigenvalue weighted by Gasteiger charge is 1.96. The third kappa shape index (κ3) is 19.3. The molecule has 1 rings (SSSR count). The van der Waals surface area contributed by atoms with Gasteiger partial charge in [0.15, 0.2) is 0 Å². The third-order valence-electron chi connectivity index (χ3n) is 6.03. The van der Waals surface area contributed by atoms with Crippen molar-refractivity contribution in [1.82, 2.24) is 5.32 Å². The lowest BCUT2D eigenvalue weighted by Gasteiger charge is -2.05. The summed E-state index contributed by atoms with van der Waals surface area (Å²) in [6.07, 6.45) is 23.0. The van der Waals surface area contributed by atoms with Crippen molar-refractivity contribution in [2.24, 2.45) is 0 Å².